The van der Waals surface area contributed by atoms with Crippen LogP contribution in [0.2, 0.25) is 0 Å². The molecular formula is C27H23N3O5S2. The van der Waals surface area contributed by atoms with Crippen LogP contribution in [-0.4, -0.2) is 33.5 Å². The number of nitrogens with zero attached hydrogens (tertiary/aromatic N) is 3. The third kappa shape index (κ3) is 4.93. The number of aromatic nitrogens is 1. The smallest absolute Gasteiger partial charge is 0.264 e. The van der Waals surface area contributed by atoms with Gasteiger partial charge in [-0.1, -0.05) is 29.5 Å². The number of thiazole rings is 1. The fraction of sp³-hybridized carbons (Fsp3) is 0.111. The third-order valence-electron chi connectivity index (χ3n) is 5.83. The Balaban J connectivity index is 1.46. The maximum absolute atomic E-state index is 13.7. The number of methoxy groups -OCH3 is 1. The zero-order valence-corrected chi connectivity index (χ0v) is 21.7. The van der Waals surface area contributed by atoms with Crippen LogP contribution in [-0.2, 0) is 16.6 Å². The summed E-state index contributed by atoms with van der Waals surface area (Å²) in [4.78, 5) is 19.9. The summed E-state index contributed by atoms with van der Waals surface area (Å²) in [6, 6.07) is 23.8. The van der Waals surface area contributed by atoms with Crippen molar-refractivity contribution in [3.63, 3.8) is 0 Å². The lowest BCUT2D eigenvalue weighted by Gasteiger charge is -2.21. The van der Waals surface area contributed by atoms with Gasteiger partial charge in [0.05, 0.1) is 40.7 Å². The molecule has 37 heavy (non-hydrogen) atoms. The number of para-hydroxylation sites is 1. The normalized spacial score (nSPS) is 11.4. The van der Waals surface area contributed by atoms with E-state index in [4.69, 9.17) is 9.15 Å². The Kier molecular flexibility index (Phi) is 6.68. The second kappa shape index (κ2) is 10.1. The number of amides is 1. The van der Waals surface area contributed by atoms with Crippen LogP contribution in [0.3, 0.4) is 0 Å². The molecule has 0 fully saturated rings. The van der Waals surface area contributed by atoms with Gasteiger partial charge >= 0.3 is 0 Å². The van der Waals surface area contributed by atoms with Crippen molar-refractivity contribution in [1.29, 1.82) is 0 Å². The minimum atomic E-state index is -3.80. The Labute approximate surface area is 218 Å². The molecule has 2 aromatic heterocycles. The first-order chi connectivity index (χ1) is 17.9. The molecule has 0 saturated carbocycles. The van der Waals surface area contributed by atoms with Gasteiger partial charge in [0.15, 0.2) is 5.13 Å². The molecule has 0 unspecified atom stereocenters. The predicted molar refractivity (Wildman–Crippen MR) is 144 cm³/mol. The van der Waals surface area contributed by atoms with Crippen LogP contribution < -0.4 is 13.9 Å². The van der Waals surface area contributed by atoms with E-state index in [1.165, 1.54) is 51.9 Å². The summed E-state index contributed by atoms with van der Waals surface area (Å²) in [6.07, 6.45) is 1.55. The molecule has 2 heterocycles. The van der Waals surface area contributed by atoms with Gasteiger partial charge in [-0.25, -0.2) is 13.4 Å². The van der Waals surface area contributed by atoms with Crippen LogP contribution in [0, 0.1) is 0 Å². The molecule has 0 radical (unpaired) electrons. The van der Waals surface area contributed by atoms with Crippen LogP contribution in [0.5, 0.6) is 5.75 Å². The molecule has 0 aliphatic rings. The van der Waals surface area contributed by atoms with Crippen molar-refractivity contribution in [2.24, 2.45) is 0 Å². The number of ether oxygens (including phenoxy) is 1. The van der Waals surface area contributed by atoms with E-state index in [1.807, 2.05) is 24.3 Å². The van der Waals surface area contributed by atoms with Gasteiger partial charge in [0.1, 0.15) is 11.5 Å². The second-order valence-corrected chi connectivity index (χ2v) is 11.1. The largest absolute Gasteiger partial charge is 0.497 e. The van der Waals surface area contributed by atoms with Gasteiger partial charge in [-0.15, -0.1) is 0 Å². The monoisotopic (exact) mass is 533 g/mol. The molecule has 8 nitrogen and oxygen atoms in total. The number of benzene rings is 3. The van der Waals surface area contributed by atoms with Crippen LogP contribution in [0.4, 0.5) is 10.8 Å². The molecular weight excluding hydrogens is 510 g/mol. The van der Waals surface area contributed by atoms with Gasteiger partial charge in [0.2, 0.25) is 0 Å². The highest BCUT2D eigenvalue weighted by Crippen LogP contribution is 2.33. The van der Waals surface area contributed by atoms with Crippen molar-refractivity contribution in [3.8, 4) is 5.75 Å². The molecule has 0 bridgehead atoms. The van der Waals surface area contributed by atoms with Crippen LogP contribution in [0.15, 0.2) is 101 Å². The molecule has 1 amide bonds. The molecule has 0 saturated heterocycles. The average Bonchev–Trinajstić information content (AvgIpc) is 3.60. The first-order valence-corrected chi connectivity index (χ1v) is 13.6. The highest BCUT2D eigenvalue weighted by Gasteiger charge is 2.25. The number of fused-ring (bicyclic) bond motifs is 1. The van der Waals surface area contributed by atoms with Gasteiger partial charge in [-0.2, -0.15) is 0 Å². The summed E-state index contributed by atoms with van der Waals surface area (Å²) < 4.78 is 39.1. The molecule has 0 aliphatic heterocycles. The topological polar surface area (TPSA) is 93.0 Å². The predicted octanol–water partition coefficient (Wildman–Crippen LogP) is 5.57. The molecule has 0 atom stereocenters. The number of rotatable bonds is 8. The summed E-state index contributed by atoms with van der Waals surface area (Å²) in [7, 11) is -0.709. The van der Waals surface area contributed by atoms with E-state index in [-0.39, 0.29) is 17.3 Å². The Morgan fingerprint density at radius 1 is 1.00 bits per heavy atom. The van der Waals surface area contributed by atoms with Crippen molar-refractivity contribution in [1.82, 2.24) is 4.98 Å². The van der Waals surface area contributed by atoms with Crippen LogP contribution in [0.1, 0.15) is 16.1 Å². The van der Waals surface area contributed by atoms with E-state index in [0.717, 1.165) is 10.2 Å². The first-order valence-electron chi connectivity index (χ1n) is 11.3. The zero-order chi connectivity index (χ0) is 26.0. The number of furan rings is 1. The lowest BCUT2D eigenvalue weighted by Crippen LogP contribution is -2.30. The number of anilines is 2. The molecule has 5 rings (SSSR count). The molecule has 0 N–H and O–H groups in total. The number of hydrogen-bond donors (Lipinski definition) is 0. The van der Waals surface area contributed by atoms with Crippen LogP contribution >= 0.6 is 11.3 Å². The SMILES string of the molecule is COc1ccc2nc(N(Cc3ccco3)C(=O)c3ccc(S(=O)(=O)N(C)c4ccccc4)cc3)sc2c1. The van der Waals surface area contributed by atoms with E-state index in [1.54, 1.807) is 49.8 Å². The van der Waals surface area contributed by atoms with Crippen molar-refractivity contribution >= 4 is 48.3 Å². The van der Waals surface area contributed by atoms with E-state index >= 15 is 0 Å². The van der Waals surface area contributed by atoms with E-state index in [2.05, 4.69) is 4.98 Å². The van der Waals surface area contributed by atoms with E-state index in [0.29, 0.717) is 27.9 Å². The Hall–Kier alpha value is -4.15. The Morgan fingerprint density at radius 3 is 2.43 bits per heavy atom. The Morgan fingerprint density at radius 2 is 1.76 bits per heavy atom. The number of carbonyl (C=O) groups excluding carboxylic acids is 1. The van der Waals surface area contributed by atoms with Crippen molar-refractivity contribution in [2.45, 2.75) is 11.4 Å². The van der Waals surface area contributed by atoms with Gasteiger partial charge in [-0.05, 0) is 66.7 Å². The molecule has 0 aliphatic carbocycles. The van der Waals surface area contributed by atoms with Crippen molar-refractivity contribution in [2.75, 3.05) is 23.4 Å². The summed E-state index contributed by atoms with van der Waals surface area (Å²) in [6.45, 7) is 0.166. The third-order valence-corrected chi connectivity index (χ3v) is 8.67. The molecule has 10 heteroatoms. The molecule has 188 valence electrons. The summed E-state index contributed by atoms with van der Waals surface area (Å²) in [5.74, 6) is 0.959. The maximum Gasteiger partial charge on any atom is 0.264 e. The van der Waals surface area contributed by atoms with E-state index < -0.39 is 10.0 Å². The molecule has 0 spiro atoms. The average molecular weight is 534 g/mol. The van der Waals surface area contributed by atoms with Crippen molar-refractivity contribution in [3.05, 3.63) is 103 Å². The number of hydrogen-bond acceptors (Lipinski definition) is 7. The lowest BCUT2D eigenvalue weighted by atomic mass is 10.2. The van der Waals surface area contributed by atoms with E-state index in [9.17, 15) is 13.2 Å². The van der Waals surface area contributed by atoms with Crippen molar-refractivity contribution < 1.29 is 22.4 Å². The summed E-state index contributed by atoms with van der Waals surface area (Å²) in [5, 5.41) is 0.491. The Bertz CT molecular complexity index is 1630. The standard InChI is InChI=1S/C27H23N3O5S2/c1-29(20-7-4-3-5-8-20)37(32,33)23-13-10-19(11-14-23)26(31)30(18-22-9-6-16-35-22)27-28-24-15-12-21(34-2)17-25(24)36-27/h3-17H,18H2,1-2H3. The molecule has 5 aromatic rings. The minimum absolute atomic E-state index is 0.0834. The fourth-order valence-corrected chi connectivity index (χ4v) is 5.97. The zero-order valence-electron chi connectivity index (χ0n) is 20.1. The quantitative estimate of drug-likeness (QED) is 0.259. The van der Waals surface area contributed by atoms with Gasteiger partial charge in [0.25, 0.3) is 15.9 Å². The molecule has 3 aromatic carbocycles. The lowest BCUT2D eigenvalue weighted by molar-refractivity contribution is 0.0983. The first kappa shape index (κ1) is 24.5. The highest BCUT2D eigenvalue weighted by molar-refractivity contribution is 7.92. The summed E-state index contributed by atoms with van der Waals surface area (Å²) in [5.41, 5.74) is 1.60. The summed E-state index contributed by atoms with van der Waals surface area (Å²) >= 11 is 1.36. The van der Waals surface area contributed by atoms with Gasteiger partial charge in [0, 0.05) is 12.6 Å². The van der Waals surface area contributed by atoms with Gasteiger partial charge < -0.3 is 9.15 Å². The van der Waals surface area contributed by atoms with Gasteiger partial charge in [-0.3, -0.25) is 14.0 Å². The minimum Gasteiger partial charge on any atom is -0.497 e. The van der Waals surface area contributed by atoms with Crippen LogP contribution in [0.25, 0.3) is 10.2 Å². The second-order valence-electron chi connectivity index (χ2n) is 8.13. The fourth-order valence-electron chi connectivity index (χ4n) is 3.78. The highest BCUT2D eigenvalue weighted by atomic mass is 32.2. The number of carbonyl (C=O) groups is 1. The number of sulfonamides is 1. The maximum atomic E-state index is 13.7.